The molecule has 1 aromatic carbocycles. The fraction of sp³-hybridized carbons (Fsp3) is 0.100. The predicted molar refractivity (Wildman–Crippen MR) is 47.1 cm³/mol. The van der Waals surface area contributed by atoms with E-state index < -0.39 is 5.97 Å². The third kappa shape index (κ3) is 3.07. The summed E-state index contributed by atoms with van der Waals surface area (Å²) in [6.45, 7) is 2.75. The Kier molecular flexibility index (Phi) is 3.20. The molecule has 0 atom stereocenters. The van der Waals surface area contributed by atoms with E-state index in [0.29, 0.717) is 5.56 Å². The van der Waals surface area contributed by atoms with Gasteiger partial charge in [0.05, 0.1) is 6.92 Å². The third-order valence-corrected chi connectivity index (χ3v) is 1.46. The summed E-state index contributed by atoms with van der Waals surface area (Å²) in [4.78, 5) is 21.5. The number of benzene rings is 1. The molecular formula is C10H9O3. The summed E-state index contributed by atoms with van der Waals surface area (Å²) in [6.07, 6.45) is 0. The molecule has 1 aromatic rings. The van der Waals surface area contributed by atoms with Crippen molar-refractivity contribution in [3.05, 3.63) is 42.8 Å². The minimum Gasteiger partial charge on any atom is -0.457 e. The molecule has 0 aliphatic rings. The van der Waals surface area contributed by atoms with Gasteiger partial charge in [0.25, 0.3) is 0 Å². The van der Waals surface area contributed by atoms with Gasteiger partial charge in [-0.25, -0.2) is 0 Å². The van der Waals surface area contributed by atoms with Crippen LogP contribution in [0.3, 0.4) is 0 Å². The summed E-state index contributed by atoms with van der Waals surface area (Å²) in [5.74, 6) is -0.915. The zero-order valence-corrected chi connectivity index (χ0v) is 7.03. The maximum absolute atomic E-state index is 11.2. The monoisotopic (exact) mass is 177 g/mol. The molecule has 0 saturated heterocycles. The maximum atomic E-state index is 11.2. The van der Waals surface area contributed by atoms with Crippen molar-refractivity contribution in [3.8, 4) is 0 Å². The largest absolute Gasteiger partial charge is 0.457 e. The summed E-state index contributed by atoms with van der Waals surface area (Å²) < 4.78 is 4.46. The molecule has 0 spiro atoms. The molecule has 1 radical (unpaired) electrons. The van der Waals surface area contributed by atoms with Gasteiger partial charge in [0.1, 0.15) is 0 Å². The molecule has 3 nitrogen and oxygen atoms in total. The molecule has 3 heteroatoms. The van der Waals surface area contributed by atoms with Crippen molar-refractivity contribution >= 4 is 11.8 Å². The summed E-state index contributed by atoms with van der Waals surface area (Å²) in [7, 11) is 0. The lowest BCUT2D eigenvalue weighted by atomic mass is 10.1. The summed E-state index contributed by atoms with van der Waals surface area (Å²) in [5.41, 5.74) is 0.531. The van der Waals surface area contributed by atoms with Gasteiger partial charge in [-0.2, -0.15) is 0 Å². The molecule has 0 unspecified atom stereocenters. The van der Waals surface area contributed by atoms with Crippen LogP contribution in [0.4, 0.5) is 0 Å². The molecule has 1 rings (SSSR count). The van der Waals surface area contributed by atoms with Crippen LogP contribution in [0.25, 0.3) is 0 Å². The Morgan fingerprint density at radius 1 is 1.23 bits per heavy atom. The Labute approximate surface area is 76.3 Å². The van der Waals surface area contributed by atoms with Crippen molar-refractivity contribution < 1.29 is 14.3 Å². The second kappa shape index (κ2) is 4.40. The number of ketones is 1. The first-order valence-electron chi connectivity index (χ1n) is 3.77. The van der Waals surface area contributed by atoms with Crippen LogP contribution in [0.5, 0.6) is 0 Å². The number of esters is 1. The maximum Gasteiger partial charge on any atom is 0.306 e. The first-order valence-corrected chi connectivity index (χ1v) is 3.77. The quantitative estimate of drug-likeness (QED) is 0.515. The number of carbonyl (C=O) groups excluding carboxylic acids is 2. The van der Waals surface area contributed by atoms with Gasteiger partial charge in [-0.3, -0.25) is 9.59 Å². The molecule has 0 amide bonds. The second-order valence-corrected chi connectivity index (χ2v) is 2.45. The standard InChI is InChI=1S/C10H9O3/c1-8(11)13-7-10(12)9-5-3-2-4-6-9/h2-6H,1,7H2. The zero-order valence-electron chi connectivity index (χ0n) is 7.03. The van der Waals surface area contributed by atoms with Crippen LogP contribution in [-0.2, 0) is 9.53 Å². The van der Waals surface area contributed by atoms with Crippen molar-refractivity contribution in [1.82, 2.24) is 0 Å². The van der Waals surface area contributed by atoms with Crippen molar-refractivity contribution in [2.24, 2.45) is 0 Å². The van der Waals surface area contributed by atoms with Crippen LogP contribution in [-0.4, -0.2) is 18.4 Å². The number of hydrogen-bond acceptors (Lipinski definition) is 3. The van der Waals surface area contributed by atoms with Gasteiger partial charge in [0.2, 0.25) is 0 Å². The second-order valence-electron chi connectivity index (χ2n) is 2.45. The Balaban J connectivity index is 2.54. The van der Waals surface area contributed by atoms with E-state index in [1.807, 2.05) is 6.07 Å². The van der Waals surface area contributed by atoms with Crippen molar-refractivity contribution in [2.45, 2.75) is 0 Å². The summed E-state index contributed by atoms with van der Waals surface area (Å²) >= 11 is 0. The van der Waals surface area contributed by atoms with E-state index in [2.05, 4.69) is 11.7 Å². The van der Waals surface area contributed by atoms with Gasteiger partial charge in [-0.15, -0.1) is 0 Å². The lowest BCUT2D eigenvalue weighted by Crippen LogP contribution is -2.11. The van der Waals surface area contributed by atoms with Crippen LogP contribution in [0, 0.1) is 6.92 Å². The van der Waals surface area contributed by atoms with Gasteiger partial charge in [-0.05, 0) is 0 Å². The van der Waals surface area contributed by atoms with E-state index in [4.69, 9.17) is 0 Å². The normalized spacial score (nSPS) is 9.31. The Hall–Kier alpha value is -1.64. The molecule has 0 aromatic heterocycles. The zero-order chi connectivity index (χ0) is 9.68. The van der Waals surface area contributed by atoms with E-state index in [1.54, 1.807) is 24.3 Å². The molecule has 67 valence electrons. The minimum atomic E-state index is -0.690. The van der Waals surface area contributed by atoms with Gasteiger partial charge in [-0.1, -0.05) is 30.3 Å². The molecule has 0 aliphatic heterocycles. The van der Waals surface area contributed by atoms with Crippen molar-refractivity contribution in [3.63, 3.8) is 0 Å². The molecule has 0 bridgehead atoms. The van der Waals surface area contributed by atoms with Gasteiger partial charge < -0.3 is 4.74 Å². The Morgan fingerprint density at radius 2 is 1.85 bits per heavy atom. The highest BCUT2D eigenvalue weighted by atomic mass is 16.5. The van der Waals surface area contributed by atoms with Gasteiger partial charge in [0.15, 0.2) is 12.4 Å². The smallest absolute Gasteiger partial charge is 0.306 e. The fourth-order valence-electron chi connectivity index (χ4n) is 0.853. The van der Waals surface area contributed by atoms with E-state index in [-0.39, 0.29) is 12.4 Å². The predicted octanol–water partition coefficient (Wildman–Crippen LogP) is 1.25. The number of hydrogen-bond donors (Lipinski definition) is 0. The van der Waals surface area contributed by atoms with Gasteiger partial charge in [0, 0.05) is 5.56 Å². The molecule has 0 aliphatic carbocycles. The van der Waals surface area contributed by atoms with Crippen molar-refractivity contribution in [2.75, 3.05) is 6.61 Å². The minimum absolute atomic E-state index is 0.224. The lowest BCUT2D eigenvalue weighted by molar-refractivity contribution is -0.137. The SMILES string of the molecule is [CH2]C(=O)OCC(=O)c1ccccc1. The average Bonchev–Trinajstić information content (AvgIpc) is 2.15. The highest BCUT2D eigenvalue weighted by Crippen LogP contribution is 1.99. The first-order chi connectivity index (χ1) is 6.20. The van der Waals surface area contributed by atoms with Crippen LogP contribution in [0.2, 0.25) is 0 Å². The highest BCUT2D eigenvalue weighted by molar-refractivity contribution is 5.98. The van der Waals surface area contributed by atoms with Crippen molar-refractivity contribution in [1.29, 1.82) is 0 Å². The number of carbonyl (C=O) groups is 2. The number of Topliss-reactive ketones (excluding diaryl/α,β-unsaturated/α-hetero) is 1. The topological polar surface area (TPSA) is 43.4 Å². The summed E-state index contributed by atoms with van der Waals surface area (Å²) in [5, 5.41) is 0. The van der Waals surface area contributed by atoms with Crippen LogP contribution in [0.1, 0.15) is 10.4 Å². The number of rotatable bonds is 3. The highest BCUT2D eigenvalue weighted by Gasteiger charge is 2.05. The summed E-state index contributed by atoms with van der Waals surface area (Å²) in [6, 6.07) is 8.64. The van der Waals surface area contributed by atoms with E-state index >= 15 is 0 Å². The van der Waals surface area contributed by atoms with E-state index in [9.17, 15) is 9.59 Å². The molecule has 13 heavy (non-hydrogen) atoms. The molecule has 0 saturated carbocycles. The molecular weight excluding hydrogens is 168 g/mol. The molecule has 0 N–H and O–H groups in total. The lowest BCUT2D eigenvalue weighted by Gasteiger charge is -2.00. The first kappa shape index (κ1) is 9.45. The van der Waals surface area contributed by atoms with Crippen LogP contribution in [0.15, 0.2) is 30.3 Å². The average molecular weight is 177 g/mol. The number of ether oxygens (including phenoxy) is 1. The Bertz CT molecular complexity index is 303. The van der Waals surface area contributed by atoms with Crippen LogP contribution >= 0.6 is 0 Å². The Morgan fingerprint density at radius 3 is 2.38 bits per heavy atom. The van der Waals surface area contributed by atoms with E-state index in [1.165, 1.54) is 0 Å². The van der Waals surface area contributed by atoms with E-state index in [0.717, 1.165) is 0 Å². The molecule has 0 fully saturated rings. The van der Waals surface area contributed by atoms with Crippen LogP contribution < -0.4 is 0 Å². The fourth-order valence-corrected chi connectivity index (χ4v) is 0.853. The van der Waals surface area contributed by atoms with Gasteiger partial charge >= 0.3 is 5.97 Å². The molecule has 0 heterocycles. The third-order valence-electron chi connectivity index (χ3n) is 1.46.